The number of aryl methyl sites for hydroxylation is 2. The fourth-order valence-corrected chi connectivity index (χ4v) is 3.07. The Labute approximate surface area is 132 Å². The molecule has 6 heteroatoms. The first-order valence-electron chi connectivity index (χ1n) is 7.93. The smallest absolute Gasteiger partial charge is 0.224 e. The molecule has 0 bridgehead atoms. The second-order valence-corrected chi connectivity index (χ2v) is 6.52. The third-order valence-corrected chi connectivity index (χ3v) is 4.40. The highest BCUT2D eigenvalue weighted by molar-refractivity contribution is 5.76. The first-order valence-corrected chi connectivity index (χ1v) is 7.93. The maximum Gasteiger partial charge on any atom is 0.224 e. The van der Waals surface area contributed by atoms with E-state index in [0.717, 1.165) is 42.9 Å². The largest absolute Gasteiger partial charge is 0.388 e. The Balaban J connectivity index is 2.04. The predicted octanol–water partition coefficient (Wildman–Crippen LogP) is 1.35. The van der Waals surface area contributed by atoms with Gasteiger partial charge in [-0.05, 0) is 32.7 Å². The van der Waals surface area contributed by atoms with Crippen molar-refractivity contribution in [1.29, 1.82) is 0 Å². The molecule has 1 aromatic heterocycles. The lowest BCUT2D eigenvalue weighted by molar-refractivity contribution is -0.136. The van der Waals surface area contributed by atoms with E-state index in [1.54, 1.807) is 14.1 Å². The van der Waals surface area contributed by atoms with Crippen LogP contribution in [-0.4, -0.2) is 58.8 Å². The molecule has 1 saturated heterocycles. The van der Waals surface area contributed by atoms with Crippen LogP contribution in [0.1, 0.15) is 43.2 Å². The van der Waals surface area contributed by atoms with Gasteiger partial charge in [0.25, 0.3) is 0 Å². The lowest BCUT2D eigenvalue weighted by atomic mass is 9.88. The third-order valence-electron chi connectivity index (χ3n) is 4.40. The summed E-state index contributed by atoms with van der Waals surface area (Å²) in [4.78, 5) is 15.7. The van der Waals surface area contributed by atoms with Gasteiger partial charge in [0, 0.05) is 32.7 Å². The SMILES string of the molecule is CCc1noc(C)c1CN1CCCC(O)(CC(=O)N(C)C)C1. The minimum atomic E-state index is -0.933. The van der Waals surface area contributed by atoms with E-state index >= 15 is 0 Å². The van der Waals surface area contributed by atoms with Gasteiger partial charge in [-0.25, -0.2) is 0 Å². The normalized spacial score (nSPS) is 22.8. The fraction of sp³-hybridized carbons (Fsp3) is 0.750. The predicted molar refractivity (Wildman–Crippen MR) is 83.4 cm³/mol. The number of carbonyl (C=O) groups is 1. The third kappa shape index (κ3) is 3.87. The van der Waals surface area contributed by atoms with Crippen molar-refractivity contribution in [3.05, 3.63) is 17.0 Å². The molecule has 0 aliphatic carbocycles. The van der Waals surface area contributed by atoms with Crippen molar-refractivity contribution in [2.45, 2.75) is 51.7 Å². The summed E-state index contributed by atoms with van der Waals surface area (Å²) in [6, 6.07) is 0. The molecule has 1 N–H and O–H groups in total. The van der Waals surface area contributed by atoms with E-state index in [4.69, 9.17) is 4.52 Å². The number of likely N-dealkylation sites (tertiary alicyclic amines) is 1. The minimum absolute atomic E-state index is 0.0280. The topological polar surface area (TPSA) is 69.8 Å². The van der Waals surface area contributed by atoms with Crippen molar-refractivity contribution in [3.8, 4) is 0 Å². The molecule has 1 aromatic rings. The molecule has 2 heterocycles. The zero-order valence-electron chi connectivity index (χ0n) is 14.1. The van der Waals surface area contributed by atoms with Gasteiger partial charge >= 0.3 is 0 Å². The van der Waals surface area contributed by atoms with E-state index in [1.165, 1.54) is 4.90 Å². The highest BCUT2D eigenvalue weighted by atomic mass is 16.5. The number of amides is 1. The summed E-state index contributed by atoms with van der Waals surface area (Å²) in [5.41, 5.74) is 1.17. The second kappa shape index (κ2) is 6.79. The standard InChI is InChI=1S/C16H27N3O3/c1-5-14-13(12(2)22-17-14)10-19-8-6-7-16(21,11-19)9-15(20)18(3)4/h21H,5-11H2,1-4H3. The molecular formula is C16H27N3O3. The van der Waals surface area contributed by atoms with Crippen LogP contribution < -0.4 is 0 Å². The first kappa shape index (κ1) is 17.0. The quantitative estimate of drug-likeness (QED) is 0.889. The van der Waals surface area contributed by atoms with Gasteiger partial charge in [-0.2, -0.15) is 0 Å². The van der Waals surface area contributed by atoms with Crippen molar-refractivity contribution >= 4 is 5.91 Å². The highest BCUT2D eigenvalue weighted by Crippen LogP contribution is 2.27. The number of hydrogen-bond donors (Lipinski definition) is 1. The number of hydrogen-bond acceptors (Lipinski definition) is 5. The molecule has 1 atom stereocenters. The molecule has 124 valence electrons. The molecule has 22 heavy (non-hydrogen) atoms. The molecule has 1 aliphatic heterocycles. The minimum Gasteiger partial charge on any atom is -0.388 e. The number of carbonyl (C=O) groups excluding carboxylic acids is 1. The van der Waals surface area contributed by atoms with E-state index in [0.29, 0.717) is 13.0 Å². The average molecular weight is 309 g/mol. The number of rotatable bonds is 5. The molecule has 1 aliphatic rings. The van der Waals surface area contributed by atoms with Gasteiger partial charge < -0.3 is 14.5 Å². The van der Waals surface area contributed by atoms with Gasteiger partial charge in [0.2, 0.25) is 5.91 Å². The van der Waals surface area contributed by atoms with Crippen LogP contribution in [0.5, 0.6) is 0 Å². The first-order chi connectivity index (χ1) is 10.3. The van der Waals surface area contributed by atoms with Crippen molar-refractivity contribution in [2.75, 3.05) is 27.2 Å². The number of aliphatic hydroxyl groups is 1. The lowest BCUT2D eigenvalue weighted by Gasteiger charge is -2.39. The van der Waals surface area contributed by atoms with Crippen LogP contribution in [0.3, 0.4) is 0 Å². The van der Waals surface area contributed by atoms with Gasteiger partial charge in [-0.3, -0.25) is 9.69 Å². The Bertz CT molecular complexity index is 527. The molecular weight excluding hydrogens is 282 g/mol. The lowest BCUT2D eigenvalue weighted by Crippen LogP contribution is -2.50. The maximum absolute atomic E-state index is 11.9. The van der Waals surface area contributed by atoms with Crippen LogP contribution in [0.15, 0.2) is 4.52 Å². The number of nitrogens with zero attached hydrogens (tertiary/aromatic N) is 3. The van der Waals surface area contributed by atoms with E-state index in [-0.39, 0.29) is 12.3 Å². The van der Waals surface area contributed by atoms with E-state index in [9.17, 15) is 9.90 Å². The zero-order valence-corrected chi connectivity index (χ0v) is 14.1. The second-order valence-electron chi connectivity index (χ2n) is 6.52. The molecule has 1 unspecified atom stereocenters. The molecule has 0 aromatic carbocycles. The zero-order chi connectivity index (χ0) is 16.3. The molecule has 0 radical (unpaired) electrons. The Morgan fingerprint density at radius 3 is 2.86 bits per heavy atom. The summed E-state index contributed by atoms with van der Waals surface area (Å²) in [7, 11) is 3.45. The van der Waals surface area contributed by atoms with E-state index < -0.39 is 5.60 Å². The van der Waals surface area contributed by atoms with E-state index in [2.05, 4.69) is 17.0 Å². The van der Waals surface area contributed by atoms with Gasteiger partial charge in [0.05, 0.1) is 17.7 Å². The molecule has 0 saturated carbocycles. The van der Waals surface area contributed by atoms with Crippen LogP contribution in [0.25, 0.3) is 0 Å². The van der Waals surface area contributed by atoms with Gasteiger partial charge in [-0.1, -0.05) is 12.1 Å². The maximum atomic E-state index is 11.9. The molecule has 2 rings (SSSR count). The molecule has 6 nitrogen and oxygen atoms in total. The molecule has 0 spiro atoms. The summed E-state index contributed by atoms with van der Waals surface area (Å²) < 4.78 is 5.28. The van der Waals surface area contributed by atoms with Gasteiger partial charge in [0.1, 0.15) is 5.76 Å². The van der Waals surface area contributed by atoms with Gasteiger partial charge in [-0.15, -0.1) is 0 Å². The van der Waals surface area contributed by atoms with Crippen molar-refractivity contribution in [2.24, 2.45) is 0 Å². The highest BCUT2D eigenvalue weighted by Gasteiger charge is 2.36. The van der Waals surface area contributed by atoms with Crippen molar-refractivity contribution in [1.82, 2.24) is 15.0 Å². The number of β-amino-alcohol motifs (C(OH)–C–C–N with tert-alkyl or cyclic N) is 1. The average Bonchev–Trinajstić information content (AvgIpc) is 2.79. The Hall–Kier alpha value is -1.40. The molecule has 1 amide bonds. The summed E-state index contributed by atoms with van der Waals surface area (Å²) in [5, 5.41) is 14.8. The van der Waals surface area contributed by atoms with Crippen molar-refractivity contribution < 1.29 is 14.4 Å². The summed E-state index contributed by atoms with van der Waals surface area (Å²) in [6.45, 7) is 6.14. The monoisotopic (exact) mass is 309 g/mol. The summed E-state index contributed by atoms with van der Waals surface area (Å²) in [5.74, 6) is 0.815. The van der Waals surface area contributed by atoms with Crippen molar-refractivity contribution in [3.63, 3.8) is 0 Å². The Morgan fingerprint density at radius 2 is 2.23 bits per heavy atom. The van der Waals surface area contributed by atoms with E-state index in [1.807, 2.05) is 6.92 Å². The molecule has 1 fully saturated rings. The van der Waals surface area contributed by atoms with Crippen LogP contribution >= 0.6 is 0 Å². The summed E-state index contributed by atoms with van der Waals surface area (Å²) >= 11 is 0. The van der Waals surface area contributed by atoms with Crippen LogP contribution in [0.2, 0.25) is 0 Å². The van der Waals surface area contributed by atoms with Gasteiger partial charge in [0.15, 0.2) is 0 Å². The van der Waals surface area contributed by atoms with Crippen LogP contribution in [0.4, 0.5) is 0 Å². The number of piperidine rings is 1. The Kier molecular flexibility index (Phi) is 5.24. The fourth-order valence-electron chi connectivity index (χ4n) is 3.07. The van der Waals surface area contributed by atoms with Crippen LogP contribution in [0, 0.1) is 6.92 Å². The Morgan fingerprint density at radius 1 is 1.50 bits per heavy atom. The number of aromatic nitrogens is 1. The summed E-state index contributed by atoms with van der Waals surface area (Å²) in [6.07, 6.45) is 2.58. The van der Waals surface area contributed by atoms with Crippen LogP contribution in [-0.2, 0) is 17.8 Å².